The quantitative estimate of drug-likeness (QED) is 0.588. The number of aliphatic carboxylic acids is 1. The lowest BCUT2D eigenvalue weighted by molar-refractivity contribution is -0.136. The van der Waals surface area contributed by atoms with Crippen LogP contribution in [0, 0.1) is 0 Å². The van der Waals surface area contributed by atoms with E-state index in [2.05, 4.69) is 0 Å². The molecule has 0 aromatic rings. The number of hydrogen-bond donors (Lipinski definition) is 1. The smallest absolute Gasteiger partial charge is 0.307 e. The van der Waals surface area contributed by atoms with Gasteiger partial charge >= 0.3 is 5.97 Å². The third kappa shape index (κ3) is 3.76. The lowest BCUT2D eigenvalue weighted by Gasteiger charge is -1.95. The summed E-state index contributed by atoms with van der Waals surface area (Å²) in [7, 11) is 0. The lowest BCUT2D eigenvalue weighted by Crippen LogP contribution is -1.95. The Morgan fingerprint density at radius 3 is 2.33 bits per heavy atom. The average molecular weight is 128 g/mol. The van der Waals surface area contributed by atoms with Crippen LogP contribution < -0.4 is 0 Å². The molecule has 0 aromatic heterocycles. The second-order valence-corrected chi connectivity index (χ2v) is 1.87. The Morgan fingerprint density at radius 1 is 1.67 bits per heavy atom. The number of carboxylic acids is 1. The molecule has 0 heterocycles. The highest BCUT2D eigenvalue weighted by atomic mass is 16.4. The molecule has 0 fully saturated rings. The largest absolute Gasteiger partial charge is 0.481 e. The Morgan fingerprint density at radius 2 is 2.22 bits per heavy atom. The second kappa shape index (κ2) is 4.13. The van der Waals surface area contributed by atoms with E-state index in [0.29, 0.717) is 0 Å². The number of carbonyl (C=O) groups is 1. The molecule has 0 radical (unpaired) electrons. The van der Waals surface area contributed by atoms with Crippen LogP contribution in [0.25, 0.3) is 0 Å². The zero-order chi connectivity index (χ0) is 7.28. The third-order valence-electron chi connectivity index (χ3n) is 1.24. The van der Waals surface area contributed by atoms with Crippen LogP contribution in [0.3, 0.4) is 0 Å². The van der Waals surface area contributed by atoms with Gasteiger partial charge in [-0.3, -0.25) is 4.79 Å². The first-order valence-electron chi connectivity index (χ1n) is 3.06. The molecule has 9 heavy (non-hydrogen) atoms. The first kappa shape index (κ1) is 8.21. The normalized spacial score (nSPS) is 11.6. The standard InChI is InChI=1S/C7H12O2/c1-3-6(4-2)5-7(8)9/h3H,4-5H2,1-2H3,(H,8,9). The van der Waals surface area contributed by atoms with Gasteiger partial charge in [-0.1, -0.05) is 18.6 Å². The van der Waals surface area contributed by atoms with Gasteiger partial charge in [-0.05, 0) is 13.3 Å². The highest BCUT2D eigenvalue weighted by molar-refractivity contribution is 5.69. The second-order valence-electron chi connectivity index (χ2n) is 1.87. The molecule has 2 heteroatoms. The molecule has 0 unspecified atom stereocenters. The van der Waals surface area contributed by atoms with Crippen molar-refractivity contribution >= 4 is 5.97 Å². The van der Waals surface area contributed by atoms with Crippen LogP contribution in [0.15, 0.2) is 11.6 Å². The maximum absolute atomic E-state index is 10.1. The van der Waals surface area contributed by atoms with Crippen LogP contribution in [-0.4, -0.2) is 11.1 Å². The van der Waals surface area contributed by atoms with E-state index >= 15 is 0 Å². The van der Waals surface area contributed by atoms with Crippen molar-refractivity contribution in [3.05, 3.63) is 11.6 Å². The Kier molecular flexibility index (Phi) is 3.76. The molecule has 0 atom stereocenters. The van der Waals surface area contributed by atoms with Gasteiger partial charge in [0.15, 0.2) is 0 Å². The summed E-state index contributed by atoms with van der Waals surface area (Å²) in [5.41, 5.74) is 0.988. The summed E-state index contributed by atoms with van der Waals surface area (Å²) in [6, 6.07) is 0. The van der Waals surface area contributed by atoms with Crippen molar-refractivity contribution in [1.82, 2.24) is 0 Å². The summed E-state index contributed by atoms with van der Waals surface area (Å²) < 4.78 is 0. The first-order valence-corrected chi connectivity index (χ1v) is 3.06. The van der Waals surface area contributed by atoms with Gasteiger partial charge in [-0.25, -0.2) is 0 Å². The van der Waals surface area contributed by atoms with E-state index in [0.717, 1.165) is 12.0 Å². The molecule has 52 valence electrons. The van der Waals surface area contributed by atoms with Crippen molar-refractivity contribution in [3.8, 4) is 0 Å². The minimum atomic E-state index is -0.745. The van der Waals surface area contributed by atoms with Gasteiger partial charge in [0.1, 0.15) is 0 Å². The summed E-state index contributed by atoms with van der Waals surface area (Å²) in [5.74, 6) is -0.745. The van der Waals surface area contributed by atoms with Crippen LogP contribution in [0.1, 0.15) is 26.7 Å². The third-order valence-corrected chi connectivity index (χ3v) is 1.24. The summed E-state index contributed by atoms with van der Waals surface area (Å²) in [6.45, 7) is 3.82. The molecule has 0 aliphatic rings. The average Bonchev–Trinajstić information content (AvgIpc) is 1.82. The minimum Gasteiger partial charge on any atom is -0.481 e. The SMILES string of the molecule is CC=C(CC)CC(=O)O. The van der Waals surface area contributed by atoms with E-state index < -0.39 is 5.97 Å². The van der Waals surface area contributed by atoms with E-state index in [1.165, 1.54) is 0 Å². The van der Waals surface area contributed by atoms with Gasteiger partial charge in [-0.15, -0.1) is 0 Å². The van der Waals surface area contributed by atoms with Crippen molar-refractivity contribution in [2.45, 2.75) is 26.7 Å². The monoisotopic (exact) mass is 128 g/mol. The minimum absolute atomic E-state index is 0.188. The van der Waals surface area contributed by atoms with Crippen LogP contribution in [0.4, 0.5) is 0 Å². The van der Waals surface area contributed by atoms with Crippen LogP contribution in [0.5, 0.6) is 0 Å². The Labute approximate surface area is 55.2 Å². The van der Waals surface area contributed by atoms with Crippen LogP contribution in [-0.2, 0) is 4.79 Å². The molecule has 0 amide bonds. The fraction of sp³-hybridized carbons (Fsp3) is 0.571. The van der Waals surface area contributed by atoms with Crippen molar-refractivity contribution in [3.63, 3.8) is 0 Å². The first-order chi connectivity index (χ1) is 4.20. The Bertz CT molecular complexity index is 125. The molecule has 0 bridgehead atoms. The molecule has 1 N–H and O–H groups in total. The summed E-state index contributed by atoms with van der Waals surface area (Å²) >= 11 is 0. The highest BCUT2D eigenvalue weighted by Crippen LogP contribution is 2.04. The van der Waals surface area contributed by atoms with Crippen molar-refractivity contribution in [1.29, 1.82) is 0 Å². The molecule has 0 aliphatic heterocycles. The summed E-state index contributed by atoms with van der Waals surface area (Å²) in [4.78, 5) is 10.1. The number of hydrogen-bond acceptors (Lipinski definition) is 1. The van der Waals surface area contributed by atoms with Crippen LogP contribution >= 0.6 is 0 Å². The van der Waals surface area contributed by atoms with Crippen LogP contribution in [0.2, 0.25) is 0 Å². The number of carboxylic acid groups (broad SMARTS) is 1. The van der Waals surface area contributed by atoms with E-state index in [1.54, 1.807) is 0 Å². The van der Waals surface area contributed by atoms with Crippen molar-refractivity contribution < 1.29 is 9.90 Å². The Hall–Kier alpha value is -0.790. The van der Waals surface area contributed by atoms with E-state index in [1.807, 2.05) is 19.9 Å². The van der Waals surface area contributed by atoms with Crippen molar-refractivity contribution in [2.75, 3.05) is 0 Å². The fourth-order valence-corrected chi connectivity index (χ4v) is 0.625. The number of rotatable bonds is 3. The number of allylic oxidation sites excluding steroid dienone is 1. The van der Waals surface area contributed by atoms with E-state index in [9.17, 15) is 4.79 Å². The maximum atomic E-state index is 10.1. The molecule has 0 spiro atoms. The molecule has 0 aliphatic carbocycles. The molecule has 0 saturated heterocycles. The predicted molar refractivity (Wildman–Crippen MR) is 36.3 cm³/mol. The maximum Gasteiger partial charge on any atom is 0.307 e. The topological polar surface area (TPSA) is 37.3 Å². The predicted octanol–water partition coefficient (Wildman–Crippen LogP) is 1.82. The van der Waals surface area contributed by atoms with E-state index in [4.69, 9.17) is 5.11 Å². The molecule has 0 aromatic carbocycles. The van der Waals surface area contributed by atoms with Crippen molar-refractivity contribution in [2.24, 2.45) is 0 Å². The van der Waals surface area contributed by atoms with Gasteiger partial charge in [0.05, 0.1) is 6.42 Å². The van der Waals surface area contributed by atoms with Gasteiger partial charge in [0.25, 0.3) is 0 Å². The Balaban J connectivity index is 3.71. The van der Waals surface area contributed by atoms with Gasteiger partial charge < -0.3 is 5.11 Å². The molecular formula is C7H12O2. The van der Waals surface area contributed by atoms with Gasteiger partial charge in [-0.2, -0.15) is 0 Å². The summed E-state index contributed by atoms with van der Waals surface area (Å²) in [6.07, 6.45) is 2.88. The molecule has 0 saturated carbocycles. The lowest BCUT2D eigenvalue weighted by atomic mass is 10.1. The molecule has 0 rings (SSSR count). The van der Waals surface area contributed by atoms with Gasteiger partial charge in [0, 0.05) is 0 Å². The van der Waals surface area contributed by atoms with E-state index in [-0.39, 0.29) is 6.42 Å². The zero-order valence-electron chi connectivity index (χ0n) is 5.85. The zero-order valence-corrected chi connectivity index (χ0v) is 5.85. The highest BCUT2D eigenvalue weighted by Gasteiger charge is 1.98. The molecular weight excluding hydrogens is 116 g/mol. The fourth-order valence-electron chi connectivity index (χ4n) is 0.625. The summed E-state index contributed by atoms with van der Waals surface area (Å²) in [5, 5.41) is 8.31. The van der Waals surface area contributed by atoms with Gasteiger partial charge in [0.2, 0.25) is 0 Å². The molecule has 2 nitrogen and oxygen atoms in total.